The van der Waals surface area contributed by atoms with Crippen LogP contribution in [0.25, 0.3) is 0 Å². The van der Waals surface area contributed by atoms with E-state index in [1.54, 1.807) is 0 Å². The summed E-state index contributed by atoms with van der Waals surface area (Å²) in [6, 6.07) is 10.6. The van der Waals surface area contributed by atoms with E-state index < -0.39 is 0 Å². The second-order valence-corrected chi connectivity index (χ2v) is 5.70. The van der Waals surface area contributed by atoms with Gasteiger partial charge in [0.15, 0.2) is 0 Å². The van der Waals surface area contributed by atoms with Gasteiger partial charge in [0.2, 0.25) is 0 Å². The highest BCUT2D eigenvalue weighted by molar-refractivity contribution is 5.67. The van der Waals surface area contributed by atoms with E-state index in [1.807, 2.05) is 30.3 Å². The highest BCUT2D eigenvalue weighted by Gasteiger charge is 2.37. The lowest BCUT2D eigenvalue weighted by Crippen LogP contribution is -2.57. The zero-order valence-corrected chi connectivity index (χ0v) is 11.8. The molecule has 1 aromatic rings. The zero-order chi connectivity index (χ0) is 13.8. The third-order valence-corrected chi connectivity index (χ3v) is 4.36. The number of hydrogen-bond acceptors (Lipinski definition) is 3. The summed E-state index contributed by atoms with van der Waals surface area (Å²) in [7, 11) is 0. The minimum Gasteiger partial charge on any atom is -0.445 e. The highest BCUT2D eigenvalue weighted by Crippen LogP contribution is 2.28. The number of benzene rings is 1. The first-order valence-corrected chi connectivity index (χ1v) is 7.54. The maximum absolute atomic E-state index is 11.8. The number of carbonyl (C=O) groups excluding carboxylic acids is 1. The fourth-order valence-corrected chi connectivity index (χ4v) is 3.08. The van der Waals surface area contributed by atoms with Crippen molar-refractivity contribution in [2.75, 3.05) is 13.1 Å². The van der Waals surface area contributed by atoms with Gasteiger partial charge in [0.25, 0.3) is 0 Å². The zero-order valence-electron chi connectivity index (χ0n) is 11.8. The van der Waals surface area contributed by atoms with E-state index in [9.17, 15) is 4.79 Å². The van der Waals surface area contributed by atoms with Gasteiger partial charge in [-0.25, -0.2) is 4.79 Å². The van der Waals surface area contributed by atoms with E-state index in [0.717, 1.165) is 12.0 Å². The number of rotatable bonds is 4. The van der Waals surface area contributed by atoms with E-state index in [1.165, 1.54) is 32.4 Å². The van der Waals surface area contributed by atoms with Crippen molar-refractivity contribution in [2.45, 2.75) is 44.4 Å². The monoisotopic (exact) mass is 274 g/mol. The fraction of sp³-hybridized carbons (Fsp3) is 0.562. The van der Waals surface area contributed by atoms with Crippen molar-refractivity contribution in [1.82, 2.24) is 10.2 Å². The molecule has 1 N–H and O–H groups in total. The average molecular weight is 274 g/mol. The van der Waals surface area contributed by atoms with Crippen molar-refractivity contribution >= 4 is 6.09 Å². The lowest BCUT2D eigenvalue weighted by atomic mass is 9.85. The Morgan fingerprint density at radius 1 is 1.20 bits per heavy atom. The molecule has 4 heteroatoms. The van der Waals surface area contributed by atoms with Gasteiger partial charge in [0.05, 0.1) is 0 Å². The van der Waals surface area contributed by atoms with Crippen molar-refractivity contribution < 1.29 is 9.53 Å². The molecular formula is C16H22N2O2. The molecule has 2 fully saturated rings. The molecular weight excluding hydrogens is 252 g/mol. The maximum atomic E-state index is 11.8. The van der Waals surface area contributed by atoms with Crippen molar-refractivity contribution in [3.05, 3.63) is 35.9 Å². The van der Waals surface area contributed by atoms with Crippen LogP contribution in [0.15, 0.2) is 30.3 Å². The number of amides is 1. The van der Waals surface area contributed by atoms with Crippen LogP contribution < -0.4 is 5.32 Å². The lowest BCUT2D eigenvalue weighted by Gasteiger charge is -2.42. The van der Waals surface area contributed by atoms with E-state index in [-0.39, 0.29) is 12.1 Å². The summed E-state index contributed by atoms with van der Waals surface area (Å²) in [5, 5.41) is 3.01. The molecule has 0 radical (unpaired) electrons. The quantitative estimate of drug-likeness (QED) is 0.917. The summed E-state index contributed by atoms with van der Waals surface area (Å²) in [5.41, 5.74) is 1.02. The molecule has 1 heterocycles. The molecule has 1 aromatic carbocycles. The average Bonchev–Trinajstić information content (AvgIpc) is 2.96. The van der Waals surface area contributed by atoms with E-state index in [4.69, 9.17) is 4.74 Å². The standard InChI is InChI=1S/C16H22N2O2/c19-16(20-12-13-6-2-1-3-7-13)17-14-8-9-15(14)18-10-4-5-11-18/h1-3,6-7,14-15H,4-5,8-12H2,(H,17,19)/t14-,15+/m0/s1. The summed E-state index contributed by atoms with van der Waals surface area (Å²) >= 11 is 0. The highest BCUT2D eigenvalue weighted by atomic mass is 16.5. The Morgan fingerprint density at radius 3 is 2.60 bits per heavy atom. The Balaban J connectivity index is 1.42. The van der Waals surface area contributed by atoms with Crippen molar-refractivity contribution in [2.24, 2.45) is 0 Å². The Bertz CT molecular complexity index is 443. The number of nitrogens with zero attached hydrogens (tertiary/aromatic N) is 1. The van der Waals surface area contributed by atoms with Crippen molar-refractivity contribution in [3.63, 3.8) is 0 Å². The number of alkyl carbamates (subject to hydrolysis) is 1. The molecule has 0 aromatic heterocycles. The van der Waals surface area contributed by atoms with Gasteiger partial charge in [0, 0.05) is 12.1 Å². The summed E-state index contributed by atoms with van der Waals surface area (Å²) in [5.74, 6) is 0. The lowest BCUT2D eigenvalue weighted by molar-refractivity contribution is 0.0880. The van der Waals surface area contributed by atoms with Crippen LogP contribution in [0.1, 0.15) is 31.2 Å². The van der Waals surface area contributed by atoms with Gasteiger partial charge in [-0.1, -0.05) is 30.3 Å². The molecule has 1 aliphatic carbocycles. The molecule has 3 rings (SSSR count). The van der Waals surface area contributed by atoms with Crippen molar-refractivity contribution in [3.8, 4) is 0 Å². The molecule has 1 aliphatic heterocycles. The van der Waals surface area contributed by atoms with Crippen LogP contribution in [0, 0.1) is 0 Å². The number of ether oxygens (including phenoxy) is 1. The van der Waals surface area contributed by atoms with Crippen LogP contribution in [0.5, 0.6) is 0 Å². The SMILES string of the molecule is O=C(N[C@H]1CC[C@H]1N1CCCC1)OCc1ccccc1. The van der Waals surface area contributed by atoms with Gasteiger partial charge < -0.3 is 10.1 Å². The van der Waals surface area contributed by atoms with Gasteiger partial charge in [-0.15, -0.1) is 0 Å². The predicted octanol–water partition coefficient (Wildman–Crippen LogP) is 2.54. The van der Waals surface area contributed by atoms with E-state index in [0.29, 0.717) is 12.6 Å². The number of nitrogens with one attached hydrogen (secondary N) is 1. The third-order valence-electron chi connectivity index (χ3n) is 4.36. The summed E-state index contributed by atoms with van der Waals surface area (Å²) < 4.78 is 5.28. The fourth-order valence-electron chi connectivity index (χ4n) is 3.08. The Morgan fingerprint density at radius 2 is 1.95 bits per heavy atom. The first-order valence-electron chi connectivity index (χ1n) is 7.54. The Labute approximate surface area is 120 Å². The second kappa shape index (κ2) is 6.27. The largest absolute Gasteiger partial charge is 0.445 e. The van der Waals surface area contributed by atoms with Gasteiger partial charge in [-0.2, -0.15) is 0 Å². The molecule has 108 valence electrons. The summed E-state index contributed by atoms with van der Waals surface area (Å²) in [6.45, 7) is 2.71. The van der Waals surface area contributed by atoms with Crippen LogP contribution >= 0.6 is 0 Å². The van der Waals surface area contributed by atoms with E-state index >= 15 is 0 Å². The van der Waals surface area contributed by atoms with Crippen LogP contribution in [-0.2, 0) is 11.3 Å². The van der Waals surface area contributed by atoms with Gasteiger partial charge >= 0.3 is 6.09 Å². The molecule has 1 saturated carbocycles. The molecule has 1 saturated heterocycles. The molecule has 0 spiro atoms. The van der Waals surface area contributed by atoms with Gasteiger partial charge in [-0.05, 0) is 44.3 Å². The molecule has 20 heavy (non-hydrogen) atoms. The molecule has 1 amide bonds. The maximum Gasteiger partial charge on any atom is 0.407 e. The summed E-state index contributed by atoms with van der Waals surface area (Å²) in [4.78, 5) is 14.3. The molecule has 4 nitrogen and oxygen atoms in total. The first kappa shape index (κ1) is 13.4. The van der Waals surface area contributed by atoms with Crippen LogP contribution in [-0.4, -0.2) is 36.2 Å². The minimum atomic E-state index is -0.289. The predicted molar refractivity (Wildman–Crippen MR) is 77.4 cm³/mol. The van der Waals surface area contributed by atoms with E-state index in [2.05, 4.69) is 10.2 Å². The molecule has 0 unspecified atom stereocenters. The first-order chi connectivity index (χ1) is 9.83. The van der Waals surface area contributed by atoms with Crippen molar-refractivity contribution in [1.29, 1.82) is 0 Å². The molecule has 2 aliphatic rings. The third kappa shape index (κ3) is 3.12. The Kier molecular flexibility index (Phi) is 4.21. The van der Waals surface area contributed by atoms with Gasteiger partial charge in [0.1, 0.15) is 6.61 Å². The molecule has 0 bridgehead atoms. The van der Waals surface area contributed by atoms with Crippen LogP contribution in [0.4, 0.5) is 4.79 Å². The van der Waals surface area contributed by atoms with Crippen LogP contribution in [0.2, 0.25) is 0 Å². The number of carbonyl (C=O) groups is 1. The normalized spacial score (nSPS) is 26.0. The summed E-state index contributed by atoms with van der Waals surface area (Å²) in [6.07, 6.45) is 4.57. The second-order valence-electron chi connectivity index (χ2n) is 5.70. The Hall–Kier alpha value is -1.55. The number of hydrogen-bond donors (Lipinski definition) is 1. The van der Waals surface area contributed by atoms with Gasteiger partial charge in [-0.3, -0.25) is 4.90 Å². The van der Waals surface area contributed by atoms with Crippen LogP contribution in [0.3, 0.4) is 0 Å². The smallest absolute Gasteiger partial charge is 0.407 e. The minimum absolute atomic E-state index is 0.274. The molecule has 2 atom stereocenters. The topological polar surface area (TPSA) is 41.6 Å². The number of likely N-dealkylation sites (tertiary alicyclic amines) is 1.